The van der Waals surface area contributed by atoms with Crippen molar-refractivity contribution in [3.05, 3.63) is 47.0 Å². The lowest BCUT2D eigenvalue weighted by atomic mass is 10.2. The Morgan fingerprint density at radius 1 is 0.706 bits per heavy atom. The number of aryl methyl sites for hydroxylation is 4. The van der Waals surface area contributed by atoms with E-state index >= 15 is 0 Å². The normalized spacial score (nSPS) is 9.06. The maximum absolute atomic E-state index is 9.39. The van der Waals surface area contributed by atoms with E-state index in [1.807, 2.05) is 39.8 Å². The molecule has 0 saturated carbocycles. The minimum atomic E-state index is -1.56. The minimum absolute atomic E-state index is 0.355. The Morgan fingerprint density at radius 3 is 1.15 bits per heavy atom. The van der Waals surface area contributed by atoms with Gasteiger partial charge in [-0.05, 0) is 12.1 Å². The van der Waals surface area contributed by atoms with Gasteiger partial charge in [0.2, 0.25) is 11.4 Å². The van der Waals surface area contributed by atoms with Crippen molar-refractivity contribution in [3.8, 4) is 11.5 Å². The molecule has 0 aliphatic rings. The van der Waals surface area contributed by atoms with Crippen molar-refractivity contribution in [1.82, 2.24) is 0 Å². The summed E-state index contributed by atoms with van der Waals surface area (Å²) in [5.74, 6) is -5.17. The number of H-pyrrole nitrogens is 2. The van der Waals surface area contributed by atoms with E-state index in [9.17, 15) is 39.6 Å². The van der Waals surface area contributed by atoms with Crippen LogP contribution in [0.5, 0.6) is 11.5 Å². The molecule has 12 heteroatoms. The summed E-state index contributed by atoms with van der Waals surface area (Å²) in [5, 5.41) is 52.4. The van der Waals surface area contributed by atoms with Crippen molar-refractivity contribution in [1.29, 1.82) is 0 Å². The van der Waals surface area contributed by atoms with Crippen LogP contribution in [0.1, 0.15) is 49.5 Å². The number of carbonyl (C=O) groups is 4. The summed E-state index contributed by atoms with van der Waals surface area (Å²) < 4.78 is 0. The molecule has 0 fully saturated rings. The van der Waals surface area contributed by atoms with Crippen LogP contribution < -0.4 is 20.2 Å². The Labute approximate surface area is 196 Å². The summed E-state index contributed by atoms with van der Waals surface area (Å²) in [5.41, 5.74) is 3.96. The first-order valence-electron chi connectivity index (χ1n) is 9.98. The first-order valence-corrected chi connectivity index (χ1v) is 9.98. The molecular weight excluding hydrogens is 452 g/mol. The number of aliphatic carboxylic acids is 4. The summed E-state index contributed by atoms with van der Waals surface area (Å²) in [7, 11) is 0. The van der Waals surface area contributed by atoms with E-state index in [1.165, 1.54) is 0 Å². The zero-order chi connectivity index (χ0) is 26.8. The molecule has 2 rings (SSSR count). The van der Waals surface area contributed by atoms with Gasteiger partial charge in [0.05, 0.1) is 24.8 Å². The van der Waals surface area contributed by atoms with Crippen LogP contribution >= 0.6 is 0 Å². The number of aromatic amines is 2. The van der Waals surface area contributed by atoms with E-state index in [-0.39, 0.29) is 0 Å². The monoisotopic (exact) mass is 482 g/mol. The van der Waals surface area contributed by atoms with E-state index in [2.05, 4.69) is 9.97 Å². The fourth-order valence-corrected chi connectivity index (χ4v) is 2.08. The second-order valence-electron chi connectivity index (χ2n) is 6.60. The second kappa shape index (κ2) is 17.3. The number of rotatable bonds is 6. The number of carboxylic acid groups (broad SMARTS) is 4. The second-order valence-corrected chi connectivity index (χ2v) is 6.60. The van der Waals surface area contributed by atoms with Crippen LogP contribution in [-0.2, 0) is 32.0 Å². The predicted molar refractivity (Wildman–Crippen MR) is 112 cm³/mol. The lowest BCUT2D eigenvalue weighted by Gasteiger charge is -1.93. The van der Waals surface area contributed by atoms with Gasteiger partial charge in [-0.15, -0.1) is 0 Å². The Hall–Kier alpha value is -4.22. The molecule has 0 unspecified atom stereocenters. The standard InChI is InChI=1S/2C8H11NO.2C3H4O4/c2*1-3-7-8(10)5-4-6(2)9-7;2*4-2(5)1-3(6)7/h2*4-5,10H,3H2,1-2H3;2*1H2,(H,4,5)(H,6,7). The third kappa shape index (κ3) is 17.5. The summed E-state index contributed by atoms with van der Waals surface area (Å²) in [6.45, 7) is 7.95. The average Bonchev–Trinajstić information content (AvgIpc) is 2.71. The Morgan fingerprint density at radius 2 is 1.00 bits per heavy atom. The SMILES string of the molecule is CCc1[nH+]c(C)ccc1O.CCc1[nH+]c(C)ccc1O.O=C([O-])CC(=O)O.O=C([O-])CC(=O)O. The highest BCUT2D eigenvalue weighted by Crippen LogP contribution is 2.11. The molecule has 0 amide bonds. The first kappa shape index (κ1) is 32.0. The van der Waals surface area contributed by atoms with E-state index in [0.717, 1.165) is 35.6 Å². The van der Waals surface area contributed by atoms with E-state index in [4.69, 9.17) is 10.2 Å². The van der Waals surface area contributed by atoms with Crippen LogP contribution in [0.15, 0.2) is 24.3 Å². The Kier molecular flexibility index (Phi) is 16.3. The maximum Gasteiger partial charge on any atom is 0.309 e. The smallest absolute Gasteiger partial charge is 0.309 e. The van der Waals surface area contributed by atoms with E-state index in [1.54, 1.807) is 12.1 Å². The number of aromatic nitrogens is 2. The molecule has 2 heterocycles. The van der Waals surface area contributed by atoms with Crippen LogP contribution in [0, 0.1) is 13.8 Å². The minimum Gasteiger partial charge on any atom is -0.550 e. The van der Waals surface area contributed by atoms with E-state index < -0.39 is 36.7 Å². The molecule has 0 atom stereocenters. The van der Waals surface area contributed by atoms with Crippen LogP contribution in [-0.4, -0.2) is 44.3 Å². The number of pyridine rings is 2. The first-order chi connectivity index (χ1) is 15.7. The summed E-state index contributed by atoms with van der Waals surface area (Å²) in [6, 6.07) is 7.14. The molecule has 0 aliphatic heterocycles. The predicted octanol–water partition coefficient (Wildman–Crippen LogP) is -1.42. The van der Waals surface area contributed by atoms with Crippen molar-refractivity contribution in [2.45, 2.75) is 53.4 Å². The highest BCUT2D eigenvalue weighted by atomic mass is 16.4. The maximum atomic E-state index is 9.39. The molecule has 0 saturated heterocycles. The van der Waals surface area contributed by atoms with Gasteiger partial charge in [-0.3, -0.25) is 9.59 Å². The van der Waals surface area contributed by atoms with Gasteiger partial charge < -0.3 is 40.2 Å². The van der Waals surface area contributed by atoms with Gasteiger partial charge in [0, 0.05) is 38.8 Å². The molecule has 0 radical (unpaired) electrons. The van der Waals surface area contributed by atoms with Crippen molar-refractivity contribution < 1.29 is 59.8 Å². The molecule has 34 heavy (non-hydrogen) atoms. The van der Waals surface area contributed by atoms with Crippen molar-refractivity contribution in [2.24, 2.45) is 0 Å². The number of carboxylic acids is 4. The average molecular weight is 482 g/mol. The number of hydrogen-bond acceptors (Lipinski definition) is 8. The molecular formula is C22H30N2O10. The van der Waals surface area contributed by atoms with E-state index in [0.29, 0.717) is 11.5 Å². The lowest BCUT2D eigenvalue weighted by molar-refractivity contribution is -0.400. The van der Waals surface area contributed by atoms with Crippen LogP contribution in [0.2, 0.25) is 0 Å². The van der Waals surface area contributed by atoms with Crippen LogP contribution in [0.4, 0.5) is 0 Å². The number of carbonyl (C=O) groups excluding carboxylic acids is 2. The third-order valence-corrected chi connectivity index (χ3v) is 3.60. The molecule has 2 aromatic heterocycles. The number of hydrogen-bond donors (Lipinski definition) is 4. The molecule has 12 nitrogen and oxygen atoms in total. The quantitative estimate of drug-likeness (QED) is 0.351. The van der Waals surface area contributed by atoms with Crippen LogP contribution in [0.25, 0.3) is 0 Å². The van der Waals surface area contributed by atoms with Gasteiger partial charge in [-0.2, -0.15) is 0 Å². The Balaban J connectivity index is 0. The van der Waals surface area contributed by atoms with Gasteiger partial charge in [0.1, 0.15) is 0 Å². The number of nitrogens with one attached hydrogen (secondary N) is 2. The zero-order valence-electron chi connectivity index (χ0n) is 19.4. The summed E-state index contributed by atoms with van der Waals surface area (Å²) >= 11 is 0. The molecule has 0 aliphatic carbocycles. The van der Waals surface area contributed by atoms with Crippen molar-refractivity contribution in [2.75, 3.05) is 0 Å². The summed E-state index contributed by atoms with van der Waals surface area (Å²) in [4.78, 5) is 43.6. The molecule has 0 aromatic carbocycles. The summed E-state index contributed by atoms with van der Waals surface area (Å²) in [6.07, 6.45) is -0.152. The van der Waals surface area contributed by atoms with Gasteiger partial charge in [-0.25, -0.2) is 9.97 Å². The molecule has 6 N–H and O–H groups in total. The zero-order valence-corrected chi connectivity index (χ0v) is 19.4. The van der Waals surface area contributed by atoms with Gasteiger partial charge in [0.15, 0.2) is 22.9 Å². The fourth-order valence-electron chi connectivity index (χ4n) is 2.08. The molecule has 0 spiro atoms. The van der Waals surface area contributed by atoms with Crippen molar-refractivity contribution in [3.63, 3.8) is 0 Å². The topological polar surface area (TPSA) is 224 Å². The highest BCUT2D eigenvalue weighted by molar-refractivity contribution is 5.88. The molecule has 0 bridgehead atoms. The van der Waals surface area contributed by atoms with Crippen LogP contribution in [0.3, 0.4) is 0 Å². The number of aromatic hydroxyl groups is 2. The van der Waals surface area contributed by atoms with Gasteiger partial charge in [-0.1, -0.05) is 13.8 Å². The largest absolute Gasteiger partial charge is 0.550 e. The lowest BCUT2D eigenvalue weighted by Crippen LogP contribution is -2.24. The molecule has 2 aromatic rings. The van der Waals surface area contributed by atoms with Gasteiger partial charge >= 0.3 is 11.9 Å². The van der Waals surface area contributed by atoms with Gasteiger partial charge in [0.25, 0.3) is 0 Å². The van der Waals surface area contributed by atoms with Crippen molar-refractivity contribution >= 4 is 23.9 Å². The Bertz CT molecular complexity index is 859. The third-order valence-electron chi connectivity index (χ3n) is 3.60. The molecule has 188 valence electrons. The fraction of sp³-hybridized carbons (Fsp3) is 0.364. The highest BCUT2D eigenvalue weighted by Gasteiger charge is 2.06.